The first-order valence-corrected chi connectivity index (χ1v) is 6.78. The highest BCUT2D eigenvalue weighted by atomic mass is 16.8. The number of carbonyl (C=O) groups excluding carboxylic acids is 1. The van der Waals surface area contributed by atoms with Crippen molar-refractivity contribution in [3.8, 4) is 0 Å². The highest BCUT2D eigenvalue weighted by Crippen LogP contribution is 2.48. The van der Waals surface area contributed by atoms with Crippen molar-refractivity contribution in [2.24, 2.45) is 5.18 Å². The molecule has 1 spiro atoms. The van der Waals surface area contributed by atoms with E-state index in [4.69, 9.17) is 18.9 Å². The Balaban J connectivity index is 1.91. The van der Waals surface area contributed by atoms with Crippen LogP contribution in [0.1, 0.15) is 40.5 Å². The van der Waals surface area contributed by atoms with Crippen LogP contribution in [0.15, 0.2) is 5.18 Å². The molecule has 0 amide bonds. The number of ether oxygens (including phenoxy) is 4. The van der Waals surface area contributed by atoms with Crippen LogP contribution in [-0.2, 0) is 23.7 Å². The Morgan fingerprint density at radius 1 is 1.10 bits per heavy atom. The van der Waals surface area contributed by atoms with Gasteiger partial charge >= 0.3 is 5.97 Å². The van der Waals surface area contributed by atoms with Crippen molar-refractivity contribution in [2.75, 3.05) is 0 Å². The van der Waals surface area contributed by atoms with Crippen LogP contribution >= 0.6 is 0 Å². The smallest absolute Gasteiger partial charge is 0.341 e. The van der Waals surface area contributed by atoms with E-state index in [0.29, 0.717) is 6.42 Å². The molecule has 1 saturated carbocycles. The number of fused-ring (bicyclic) bond motifs is 1. The van der Waals surface area contributed by atoms with Crippen LogP contribution < -0.4 is 0 Å². The third kappa shape index (κ3) is 2.04. The summed E-state index contributed by atoms with van der Waals surface area (Å²) in [4.78, 5) is 23.3. The molecule has 0 aromatic carbocycles. The Morgan fingerprint density at radius 3 is 2.35 bits per heavy atom. The first-order chi connectivity index (χ1) is 9.16. The van der Waals surface area contributed by atoms with Crippen LogP contribution in [0.4, 0.5) is 0 Å². The minimum Gasteiger partial charge on any atom is -0.432 e. The van der Waals surface area contributed by atoms with Gasteiger partial charge in [-0.2, -0.15) is 4.91 Å². The lowest BCUT2D eigenvalue weighted by Gasteiger charge is -2.37. The van der Waals surface area contributed by atoms with Crippen LogP contribution in [0.2, 0.25) is 0 Å². The molecular formula is C13H19NO6. The van der Waals surface area contributed by atoms with Crippen LogP contribution in [0.25, 0.3) is 0 Å². The summed E-state index contributed by atoms with van der Waals surface area (Å²) in [5.74, 6) is -2.24. The van der Waals surface area contributed by atoms with E-state index in [1.54, 1.807) is 27.7 Å². The highest BCUT2D eigenvalue weighted by Gasteiger charge is 2.63. The van der Waals surface area contributed by atoms with E-state index in [-0.39, 0.29) is 6.42 Å². The number of rotatable bonds is 1. The fourth-order valence-corrected chi connectivity index (χ4v) is 3.41. The Kier molecular flexibility index (Phi) is 2.78. The maximum atomic E-state index is 12.2. The molecule has 0 aromatic rings. The number of hydrogen-bond donors (Lipinski definition) is 0. The summed E-state index contributed by atoms with van der Waals surface area (Å²) >= 11 is 0. The van der Waals surface area contributed by atoms with Gasteiger partial charge < -0.3 is 18.9 Å². The lowest BCUT2D eigenvalue weighted by atomic mass is 9.78. The average Bonchev–Trinajstić information content (AvgIpc) is 2.70. The fraction of sp³-hybridized carbons (Fsp3) is 0.923. The third-order valence-corrected chi connectivity index (χ3v) is 3.96. The summed E-state index contributed by atoms with van der Waals surface area (Å²) in [5, 5.41) is 3.11. The average molecular weight is 285 g/mol. The molecule has 7 nitrogen and oxygen atoms in total. The minimum atomic E-state index is -1.16. The summed E-state index contributed by atoms with van der Waals surface area (Å²) in [7, 11) is 0. The molecule has 7 heteroatoms. The van der Waals surface area contributed by atoms with Gasteiger partial charge in [0.2, 0.25) is 5.79 Å². The maximum Gasteiger partial charge on any atom is 0.341 e. The van der Waals surface area contributed by atoms with E-state index in [2.05, 4.69) is 5.18 Å². The predicted molar refractivity (Wildman–Crippen MR) is 66.6 cm³/mol. The molecule has 2 heterocycles. The van der Waals surface area contributed by atoms with Crippen molar-refractivity contribution < 1.29 is 23.7 Å². The van der Waals surface area contributed by atoms with E-state index >= 15 is 0 Å². The third-order valence-electron chi connectivity index (χ3n) is 3.96. The summed E-state index contributed by atoms with van der Waals surface area (Å²) in [5.41, 5.74) is -1.16. The number of cyclic esters (lactones) is 1. The minimum absolute atomic E-state index is 0.166. The van der Waals surface area contributed by atoms with E-state index in [0.717, 1.165) is 0 Å². The van der Waals surface area contributed by atoms with Gasteiger partial charge in [0.05, 0.1) is 6.10 Å². The number of carbonyl (C=O) groups is 1. The molecule has 3 fully saturated rings. The largest absolute Gasteiger partial charge is 0.432 e. The number of nitrogens with zero attached hydrogens (tertiary/aromatic N) is 1. The van der Waals surface area contributed by atoms with Gasteiger partial charge in [-0.1, -0.05) is 5.18 Å². The molecule has 4 unspecified atom stereocenters. The summed E-state index contributed by atoms with van der Waals surface area (Å²) in [6.07, 6.45) is -0.356. The van der Waals surface area contributed by atoms with Crippen molar-refractivity contribution >= 4 is 5.97 Å². The molecule has 20 heavy (non-hydrogen) atoms. The van der Waals surface area contributed by atoms with Gasteiger partial charge in [0.25, 0.3) is 0 Å². The molecule has 2 aliphatic heterocycles. The molecule has 1 aliphatic carbocycles. The van der Waals surface area contributed by atoms with Gasteiger partial charge in [0.15, 0.2) is 11.4 Å². The van der Waals surface area contributed by atoms with E-state index in [1.807, 2.05) is 0 Å². The molecule has 4 atom stereocenters. The summed E-state index contributed by atoms with van der Waals surface area (Å²) in [6.45, 7) is 6.89. The Bertz CT molecular complexity index is 462. The van der Waals surface area contributed by atoms with Crippen LogP contribution in [0, 0.1) is 4.91 Å². The first-order valence-electron chi connectivity index (χ1n) is 6.78. The topological polar surface area (TPSA) is 83.4 Å². The van der Waals surface area contributed by atoms with E-state index in [9.17, 15) is 9.70 Å². The van der Waals surface area contributed by atoms with Crippen molar-refractivity contribution in [1.82, 2.24) is 0 Å². The monoisotopic (exact) mass is 285 g/mol. The van der Waals surface area contributed by atoms with Crippen molar-refractivity contribution in [3.05, 3.63) is 4.91 Å². The zero-order chi connectivity index (χ0) is 14.8. The number of hydrogen-bond acceptors (Lipinski definition) is 7. The van der Waals surface area contributed by atoms with Gasteiger partial charge in [-0.15, -0.1) is 0 Å². The predicted octanol–water partition coefficient (Wildman–Crippen LogP) is 1.48. The zero-order valence-corrected chi connectivity index (χ0v) is 12.0. The summed E-state index contributed by atoms with van der Waals surface area (Å²) in [6, 6.07) is -0.683. The lowest BCUT2D eigenvalue weighted by molar-refractivity contribution is -0.178. The molecule has 2 saturated heterocycles. The standard InChI is InChI=1S/C13H19NO6/c1-11(2)17-8-6-13(5-7(14-16)9(8)18-11)10(15)19-12(3,4)20-13/h7-9H,5-6H2,1-4H3. The highest BCUT2D eigenvalue weighted by molar-refractivity contribution is 5.82. The van der Waals surface area contributed by atoms with Gasteiger partial charge in [-0.05, 0) is 13.8 Å². The van der Waals surface area contributed by atoms with Gasteiger partial charge in [0.1, 0.15) is 12.1 Å². The van der Waals surface area contributed by atoms with Crippen LogP contribution in [0.5, 0.6) is 0 Å². The second kappa shape index (κ2) is 3.99. The molecular weight excluding hydrogens is 266 g/mol. The van der Waals surface area contributed by atoms with Crippen molar-refractivity contribution in [3.63, 3.8) is 0 Å². The van der Waals surface area contributed by atoms with E-state index in [1.165, 1.54) is 0 Å². The Morgan fingerprint density at radius 2 is 1.80 bits per heavy atom. The SMILES string of the molecule is CC1(C)OC2CC3(CC(N=O)C2O1)OC(C)(C)OC3=O. The lowest BCUT2D eigenvalue weighted by Crippen LogP contribution is -2.54. The summed E-state index contributed by atoms with van der Waals surface area (Å²) < 4.78 is 22.5. The van der Waals surface area contributed by atoms with Gasteiger partial charge in [0, 0.05) is 26.7 Å². The van der Waals surface area contributed by atoms with Crippen LogP contribution in [-0.4, -0.2) is 41.4 Å². The molecule has 0 radical (unpaired) electrons. The number of nitroso groups, excluding NO2 is 1. The number of esters is 1. The molecule has 112 valence electrons. The molecule has 3 aliphatic rings. The second-order valence-electron chi connectivity index (χ2n) is 6.61. The zero-order valence-electron chi connectivity index (χ0n) is 12.0. The maximum absolute atomic E-state index is 12.2. The van der Waals surface area contributed by atoms with Crippen LogP contribution in [0.3, 0.4) is 0 Å². The Hall–Kier alpha value is -1.05. The van der Waals surface area contributed by atoms with E-state index < -0.39 is 41.4 Å². The molecule has 0 bridgehead atoms. The normalized spacial score (nSPS) is 45.2. The second-order valence-corrected chi connectivity index (χ2v) is 6.61. The van der Waals surface area contributed by atoms with Crippen molar-refractivity contribution in [1.29, 1.82) is 0 Å². The van der Waals surface area contributed by atoms with Crippen molar-refractivity contribution in [2.45, 2.75) is 76.0 Å². The molecule has 0 aromatic heterocycles. The fourth-order valence-electron chi connectivity index (χ4n) is 3.41. The Labute approximate surface area is 116 Å². The van der Waals surface area contributed by atoms with Gasteiger partial charge in [-0.25, -0.2) is 4.79 Å². The first kappa shape index (κ1) is 13.9. The quantitative estimate of drug-likeness (QED) is 0.536. The molecule has 3 rings (SSSR count). The molecule has 0 N–H and O–H groups in total. The van der Waals surface area contributed by atoms with Gasteiger partial charge in [-0.3, -0.25) is 0 Å².